The van der Waals surface area contributed by atoms with Crippen molar-refractivity contribution in [2.24, 2.45) is 4.99 Å². The number of hydrogen-bond acceptors (Lipinski definition) is 2. The Bertz CT molecular complexity index is 849. The summed E-state index contributed by atoms with van der Waals surface area (Å²) in [6, 6.07) is 22.0. The normalized spacial score (nSPS) is 10.9. The zero-order valence-electron chi connectivity index (χ0n) is 12.8. The Morgan fingerprint density at radius 2 is 1.71 bits per heavy atom. The summed E-state index contributed by atoms with van der Waals surface area (Å²) in [7, 11) is 0. The van der Waals surface area contributed by atoms with Gasteiger partial charge in [-0.15, -0.1) is 0 Å². The smallest absolute Gasteiger partial charge is 0.134 e. The maximum atomic E-state index is 13.6. The van der Waals surface area contributed by atoms with Gasteiger partial charge in [0, 0.05) is 11.8 Å². The first-order chi connectivity index (χ1) is 11.7. The van der Waals surface area contributed by atoms with Crippen molar-refractivity contribution in [3.8, 4) is 5.75 Å². The fourth-order valence-corrected chi connectivity index (χ4v) is 2.66. The Hall–Kier alpha value is -2.46. The van der Waals surface area contributed by atoms with E-state index in [0.717, 1.165) is 15.7 Å². The minimum atomic E-state index is -0.264. The maximum absolute atomic E-state index is 13.6. The molecule has 3 aromatic carbocycles. The van der Waals surface area contributed by atoms with Crippen molar-refractivity contribution in [1.82, 2.24) is 0 Å². The molecule has 0 N–H and O–H groups in total. The van der Waals surface area contributed by atoms with E-state index in [1.807, 2.05) is 48.5 Å². The lowest BCUT2D eigenvalue weighted by molar-refractivity contribution is 0.298. The lowest BCUT2D eigenvalue weighted by Gasteiger charge is -2.09. The van der Waals surface area contributed by atoms with Crippen molar-refractivity contribution in [3.05, 3.63) is 94.2 Å². The molecule has 0 atom stereocenters. The fraction of sp³-hybridized carbons (Fsp3) is 0.0500. The molecule has 0 saturated carbocycles. The van der Waals surface area contributed by atoms with Gasteiger partial charge in [-0.05, 0) is 57.9 Å². The Morgan fingerprint density at radius 3 is 2.46 bits per heavy atom. The van der Waals surface area contributed by atoms with Gasteiger partial charge in [0.05, 0.1) is 10.2 Å². The molecule has 4 heteroatoms. The average molecular weight is 384 g/mol. The summed E-state index contributed by atoms with van der Waals surface area (Å²) >= 11 is 3.49. The Kier molecular flexibility index (Phi) is 5.39. The number of ether oxygens (including phenoxy) is 1. The first-order valence-electron chi connectivity index (χ1n) is 7.47. The largest absolute Gasteiger partial charge is 0.488 e. The van der Waals surface area contributed by atoms with Crippen molar-refractivity contribution in [3.63, 3.8) is 0 Å². The molecule has 0 aromatic heterocycles. The Morgan fingerprint density at radius 1 is 0.958 bits per heavy atom. The summed E-state index contributed by atoms with van der Waals surface area (Å²) in [5.41, 5.74) is 2.37. The van der Waals surface area contributed by atoms with Gasteiger partial charge < -0.3 is 4.74 Å². The molecular formula is C20H15BrFNO. The molecule has 0 heterocycles. The molecule has 3 aromatic rings. The number of benzene rings is 3. The summed E-state index contributed by atoms with van der Waals surface area (Å²) < 4.78 is 20.1. The number of aliphatic imine (C=N–C) groups is 1. The lowest BCUT2D eigenvalue weighted by atomic mass is 10.2. The topological polar surface area (TPSA) is 21.6 Å². The third kappa shape index (κ3) is 4.30. The highest BCUT2D eigenvalue weighted by molar-refractivity contribution is 9.10. The van der Waals surface area contributed by atoms with Crippen LogP contribution in [0.1, 0.15) is 11.1 Å². The van der Waals surface area contributed by atoms with Crippen LogP contribution in [0.2, 0.25) is 0 Å². The summed E-state index contributed by atoms with van der Waals surface area (Å²) in [6.07, 6.45) is 1.79. The molecule has 24 heavy (non-hydrogen) atoms. The van der Waals surface area contributed by atoms with Gasteiger partial charge in [-0.25, -0.2) is 4.39 Å². The molecule has 0 spiro atoms. The van der Waals surface area contributed by atoms with Crippen LogP contribution in [-0.2, 0) is 6.61 Å². The van der Waals surface area contributed by atoms with Gasteiger partial charge in [-0.1, -0.05) is 36.4 Å². The highest BCUT2D eigenvalue weighted by Crippen LogP contribution is 2.27. The Balaban J connectivity index is 1.69. The van der Waals surface area contributed by atoms with Crippen LogP contribution in [0.3, 0.4) is 0 Å². The average Bonchev–Trinajstić information content (AvgIpc) is 2.61. The van der Waals surface area contributed by atoms with Gasteiger partial charge in [-0.2, -0.15) is 0 Å². The van der Waals surface area contributed by atoms with E-state index in [-0.39, 0.29) is 12.4 Å². The first kappa shape index (κ1) is 16.4. The van der Waals surface area contributed by atoms with Gasteiger partial charge in [-0.3, -0.25) is 4.99 Å². The summed E-state index contributed by atoms with van der Waals surface area (Å²) in [4.78, 5) is 4.42. The van der Waals surface area contributed by atoms with Gasteiger partial charge in [0.1, 0.15) is 18.2 Å². The van der Waals surface area contributed by atoms with Crippen molar-refractivity contribution in [2.45, 2.75) is 6.61 Å². The van der Waals surface area contributed by atoms with Crippen molar-refractivity contribution < 1.29 is 9.13 Å². The highest BCUT2D eigenvalue weighted by Gasteiger charge is 2.05. The van der Waals surface area contributed by atoms with Crippen LogP contribution in [-0.4, -0.2) is 6.21 Å². The second-order valence-corrected chi connectivity index (χ2v) is 6.02. The Labute approximate surface area is 148 Å². The molecular weight excluding hydrogens is 369 g/mol. The number of para-hydroxylation sites is 1. The van der Waals surface area contributed by atoms with Crippen molar-refractivity contribution in [2.75, 3.05) is 0 Å². The number of rotatable bonds is 5. The van der Waals surface area contributed by atoms with Crippen LogP contribution < -0.4 is 4.74 Å². The van der Waals surface area contributed by atoms with Crippen LogP contribution >= 0.6 is 15.9 Å². The van der Waals surface area contributed by atoms with Gasteiger partial charge >= 0.3 is 0 Å². The standard InChI is InChI=1S/C20H15BrFNO/c21-18-12-15(13-23-17-7-2-1-3-8-17)10-11-20(18)24-14-16-6-4-5-9-19(16)22/h1-13H,14H2. The summed E-state index contributed by atoms with van der Waals surface area (Å²) in [6.45, 7) is 0.183. The summed E-state index contributed by atoms with van der Waals surface area (Å²) in [5.74, 6) is 0.398. The molecule has 0 radical (unpaired) electrons. The molecule has 0 aliphatic carbocycles. The van der Waals surface area contributed by atoms with Gasteiger partial charge in [0.25, 0.3) is 0 Å². The summed E-state index contributed by atoms with van der Waals surface area (Å²) in [5, 5.41) is 0. The molecule has 0 saturated heterocycles. The monoisotopic (exact) mass is 383 g/mol. The second-order valence-electron chi connectivity index (χ2n) is 5.16. The molecule has 0 amide bonds. The van der Waals surface area contributed by atoms with Crippen LogP contribution in [0.4, 0.5) is 10.1 Å². The third-order valence-corrected chi connectivity index (χ3v) is 4.04. The molecule has 120 valence electrons. The van der Waals surface area contributed by atoms with Gasteiger partial charge in [0.2, 0.25) is 0 Å². The van der Waals surface area contributed by atoms with E-state index in [1.165, 1.54) is 6.07 Å². The van der Waals surface area contributed by atoms with E-state index in [4.69, 9.17) is 4.74 Å². The minimum absolute atomic E-state index is 0.183. The molecule has 3 rings (SSSR count). The lowest BCUT2D eigenvalue weighted by Crippen LogP contribution is -1.99. The molecule has 0 fully saturated rings. The molecule has 0 bridgehead atoms. The van der Waals surface area contributed by atoms with Gasteiger partial charge in [0.15, 0.2) is 0 Å². The fourth-order valence-electron chi connectivity index (χ4n) is 2.15. The van der Waals surface area contributed by atoms with Crippen molar-refractivity contribution >= 4 is 27.8 Å². The van der Waals surface area contributed by atoms with E-state index < -0.39 is 0 Å². The van der Waals surface area contributed by atoms with E-state index in [0.29, 0.717) is 11.3 Å². The van der Waals surface area contributed by atoms with E-state index in [9.17, 15) is 4.39 Å². The predicted molar refractivity (Wildman–Crippen MR) is 98.6 cm³/mol. The third-order valence-electron chi connectivity index (χ3n) is 3.42. The van der Waals surface area contributed by atoms with Crippen LogP contribution in [0.25, 0.3) is 0 Å². The van der Waals surface area contributed by atoms with Crippen molar-refractivity contribution in [1.29, 1.82) is 0 Å². The van der Waals surface area contributed by atoms with E-state index in [1.54, 1.807) is 24.4 Å². The minimum Gasteiger partial charge on any atom is -0.488 e. The molecule has 0 aliphatic heterocycles. The number of nitrogens with zero attached hydrogens (tertiary/aromatic N) is 1. The SMILES string of the molecule is Fc1ccccc1COc1ccc(C=Nc2ccccc2)cc1Br. The quantitative estimate of drug-likeness (QED) is 0.501. The molecule has 0 aliphatic rings. The zero-order valence-corrected chi connectivity index (χ0v) is 14.4. The molecule has 2 nitrogen and oxygen atoms in total. The predicted octanol–water partition coefficient (Wildman–Crippen LogP) is 5.92. The number of halogens is 2. The second kappa shape index (κ2) is 7.88. The van der Waals surface area contributed by atoms with E-state index in [2.05, 4.69) is 20.9 Å². The van der Waals surface area contributed by atoms with Crippen LogP contribution in [0.5, 0.6) is 5.75 Å². The first-order valence-corrected chi connectivity index (χ1v) is 8.26. The van der Waals surface area contributed by atoms with Crippen LogP contribution in [0, 0.1) is 5.82 Å². The zero-order chi connectivity index (χ0) is 16.8. The number of hydrogen-bond donors (Lipinski definition) is 0. The molecule has 0 unspecified atom stereocenters. The van der Waals surface area contributed by atoms with Crippen LogP contribution in [0.15, 0.2) is 82.3 Å². The van der Waals surface area contributed by atoms with E-state index >= 15 is 0 Å². The highest BCUT2D eigenvalue weighted by atomic mass is 79.9. The maximum Gasteiger partial charge on any atom is 0.134 e.